The molecule has 1 heterocycles. The van der Waals surface area contributed by atoms with Crippen LogP contribution >= 0.6 is 0 Å². The van der Waals surface area contributed by atoms with Crippen molar-refractivity contribution in [2.45, 2.75) is 25.2 Å². The number of benzene rings is 1. The Kier molecular flexibility index (Phi) is 3.17. The van der Waals surface area contributed by atoms with Crippen molar-refractivity contribution in [2.24, 2.45) is 10.3 Å². The molecular weight excluding hydrogens is 263 g/mol. The first-order valence-corrected chi connectivity index (χ1v) is 5.41. The van der Waals surface area contributed by atoms with Crippen molar-refractivity contribution >= 4 is 11.7 Å². The molecule has 8 heteroatoms. The molecule has 2 atom stereocenters. The normalized spacial score (nSPS) is 22.8. The summed E-state index contributed by atoms with van der Waals surface area (Å²) in [6.45, 7) is 1.54. The predicted octanol–water partition coefficient (Wildman–Crippen LogP) is 2.73. The molecule has 0 saturated carbocycles. The molecular formula is C11H10F3N3O2. The highest BCUT2D eigenvalue weighted by Gasteiger charge is 2.36. The number of hydrogen-bond acceptors (Lipinski definition) is 4. The van der Waals surface area contributed by atoms with Crippen molar-refractivity contribution in [2.75, 3.05) is 5.01 Å². The number of nitrogens with zero attached hydrogens (tertiary/aromatic N) is 3. The highest BCUT2D eigenvalue weighted by atomic mass is 19.4. The van der Waals surface area contributed by atoms with Gasteiger partial charge in [0.05, 0.1) is 17.3 Å². The lowest BCUT2D eigenvalue weighted by atomic mass is 10.1. The van der Waals surface area contributed by atoms with Gasteiger partial charge in [-0.25, -0.2) is 9.80 Å². The maximum atomic E-state index is 12.6. The summed E-state index contributed by atoms with van der Waals surface area (Å²) in [5, 5.41) is 17.2. The molecule has 1 aromatic carbocycles. The van der Waals surface area contributed by atoms with Gasteiger partial charge in [-0.05, 0) is 25.1 Å². The Hall–Kier alpha value is -2.12. The van der Waals surface area contributed by atoms with Crippen molar-refractivity contribution in [3.8, 4) is 0 Å². The molecule has 2 unspecified atom stereocenters. The van der Waals surface area contributed by atoms with Crippen LogP contribution in [0.25, 0.3) is 0 Å². The van der Waals surface area contributed by atoms with Crippen molar-refractivity contribution in [1.29, 1.82) is 0 Å². The number of halogens is 3. The highest BCUT2D eigenvalue weighted by molar-refractivity contribution is 5.76. The number of carboxylic acids is 1. The zero-order chi connectivity index (χ0) is 14.2. The van der Waals surface area contributed by atoms with Crippen LogP contribution in [0.2, 0.25) is 0 Å². The molecule has 1 aliphatic heterocycles. The third-order valence-corrected chi connectivity index (χ3v) is 2.81. The van der Waals surface area contributed by atoms with Gasteiger partial charge in [-0.3, -0.25) is 0 Å². The van der Waals surface area contributed by atoms with Crippen molar-refractivity contribution in [3.05, 3.63) is 29.8 Å². The lowest BCUT2D eigenvalue weighted by Gasteiger charge is -2.21. The Morgan fingerprint density at radius 3 is 2.63 bits per heavy atom. The van der Waals surface area contributed by atoms with E-state index in [1.807, 2.05) is 0 Å². The zero-order valence-electron chi connectivity index (χ0n) is 9.80. The van der Waals surface area contributed by atoms with E-state index < -0.39 is 29.8 Å². The highest BCUT2D eigenvalue weighted by Crippen LogP contribution is 2.33. The van der Waals surface area contributed by atoms with Crippen molar-refractivity contribution in [1.82, 2.24) is 0 Å². The number of rotatable bonds is 2. The molecule has 1 aliphatic rings. The summed E-state index contributed by atoms with van der Waals surface area (Å²) >= 11 is 0. The van der Waals surface area contributed by atoms with Crippen LogP contribution in [0, 0.1) is 0 Å². The summed E-state index contributed by atoms with van der Waals surface area (Å²) in [6.07, 6.45) is -4.46. The van der Waals surface area contributed by atoms with Crippen LogP contribution in [0.15, 0.2) is 34.6 Å². The van der Waals surface area contributed by atoms with E-state index >= 15 is 0 Å². The molecule has 0 aliphatic carbocycles. The Balaban J connectivity index is 2.30. The predicted molar refractivity (Wildman–Crippen MR) is 59.7 cm³/mol. The summed E-state index contributed by atoms with van der Waals surface area (Å²) < 4.78 is 37.8. The van der Waals surface area contributed by atoms with E-state index in [0.29, 0.717) is 0 Å². The molecule has 1 N–H and O–H groups in total. The quantitative estimate of drug-likeness (QED) is 0.901. The van der Waals surface area contributed by atoms with E-state index in [2.05, 4.69) is 10.3 Å². The van der Waals surface area contributed by atoms with Gasteiger partial charge in [-0.1, -0.05) is 11.3 Å². The molecule has 0 saturated heterocycles. The second kappa shape index (κ2) is 4.52. The number of carboxylic acid groups (broad SMARTS) is 1. The van der Waals surface area contributed by atoms with Crippen LogP contribution in [-0.4, -0.2) is 23.2 Å². The maximum Gasteiger partial charge on any atom is 0.416 e. The first-order chi connectivity index (χ1) is 8.80. The van der Waals surface area contributed by atoms with Gasteiger partial charge in [0.2, 0.25) is 0 Å². The average Bonchev–Trinajstić information content (AvgIpc) is 2.70. The second-order valence-electron chi connectivity index (χ2n) is 4.12. The van der Waals surface area contributed by atoms with Gasteiger partial charge in [0, 0.05) is 0 Å². The van der Waals surface area contributed by atoms with Gasteiger partial charge in [0.15, 0.2) is 6.04 Å². The minimum atomic E-state index is -4.46. The lowest BCUT2D eigenvalue weighted by Crippen LogP contribution is -2.36. The van der Waals surface area contributed by atoms with E-state index in [4.69, 9.17) is 5.11 Å². The fourth-order valence-electron chi connectivity index (χ4n) is 1.79. The second-order valence-corrected chi connectivity index (χ2v) is 4.12. The Morgan fingerprint density at radius 1 is 1.42 bits per heavy atom. The van der Waals surface area contributed by atoms with Gasteiger partial charge in [-0.15, -0.1) is 0 Å². The maximum absolute atomic E-state index is 12.6. The monoisotopic (exact) mass is 273 g/mol. The first kappa shape index (κ1) is 13.3. The smallest absolute Gasteiger partial charge is 0.416 e. The lowest BCUT2D eigenvalue weighted by molar-refractivity contribution is -0.139. The topological polar surface area (TPSA) is 65.3 Å². The fourth-order valence-corrected chi connectivity index (χ4v) is 1.79. The largest absolute Gasteiger partial charge is 0.480 e. The van der Waals surface area contributed by atoms with E-state index in [1.165, 1.54) is 17.1 Å². The van der Waals surface area contributed by atoms with Gasteiger partial charge in [0.1, 0.15) is 0 Å². The number of aliphatic carboxylic acids is 1. The standard InChI is InChI=1S/C11H10F3N3O2/c1-6-9(10(18)19)15-16-17(6)8-4-2-3-7(5-8)11(12,13)14/h2-6,9H,1H3,(H,18,19). The Bertz CT molecular complexity index is 530. The molecule has 0 fully saturated rings. The molecule has 0 aromatic heterocycles. The van der Waals surface area contributed by atoms with E-state index in [-0.39, 0.29) is 5.69 Å². The third-order valence-electron chi connectivity index (χ3n) is 2.81. The molecule has 1 aromatic rings. The molecule has 0 radical (unpaired) electrons. The number of hydrogen-bond donors (Lipinski definition) is 1. The molecule has 0 bridgehead atoms. The van der Waals surface area contributed by atoms with Crippen molar-refractivity contribution < 1.29 is 23.1 Å². The molecule has 102 valence electrons. The van der Waals surface area contributed by atoms with Crippen LogP contribution in [0.4, 0.5) is 18.9 Å². The first-order valence-electron chi connectivity index (χ1n) is 5.41. The van der Waals surface area contributed by atoms with Crippen LogP contribution < -0.4 is 5.01 Å². The van der Waals surface area contributed by atoms with Gasteiger partial charge < -0.3 is 5.11 Å². The molecule has 5 nitrogen and oxygen atoms in total. The van der Waals surface area contributed by atoms with Crippen LogP contribution in [-0.2, 0) is 11.0 Å². The van der Waals surface area contributed by atoms with Crippen LogP contribution in [0.1, 0.15) is 12.5 Å². The summed E-state index contributed by atoms with van der Waals surface area (Å²) in [5.41, 5.74) is -0.652. The Morgan fingerprint density at radius 2 is 2.11 bits per heavy atom. The summed E-state index contributed by atoms with van der Waals surface area (Å²) in [6, 6.07) is 2.81. The SMILES string of the molecule is CC1C(C(=O)O)N=NN1c1cccc(C(F)(F)F)c1. The molecule has 0 spiro atoms. The number of anilines is 1. The fraction of sp³-hybridized carbons (Fsp3) is 0.364. The van der Waals surface area contributed by atoms with E-state index in [1.54, 1.807) is 6.92 Å². The Labute approximate surface area is 106 Å². The average molecular weight is 273 g/mol. The molecule has 0 amide bonds. The molecule has 2 rings (SSSR count). The summed E-state index contributed by atoms with van der Waals surface area (Å²) in [7, 11) is 0. The van der Waals surface area contributed by atoms with Gasteiger partial charge >= 0.3 is 12.1 Å². The number of alkyl halides is 3. The van der Waals surface area contributed by atoms with E-state index in [0.717, 1.165) is 12.1 Å². The van der Waals surface area contributed by atoms with Crippen LogP contribution in [0.3, 0.4) is 0 Å². The van der Waals surface area contributed by atoms with Gasteiger partial charge in [-0.2, -0.15) is 18.3 Å². The zero-order valence-corrected chi connectivity index (χ0v) is 9.80. The minimum Gasteiger partial charge on any atom is -0.480 e. The van der Waals surface area contributed by atoms with Gasteiger partial charge in [0.25, 0.3) is 0 Å². The molecule has 19 heavy (non-hydrogen) atoms. The van der Waals surface area contributed by atoms with Crippen LogP contribution in [0.5, 0.6) is 0 Å². The van der Waals surface area contributed by atoms with Crippen molar-refractivity contribution in [3.63, 3.8) is 0 Å². The minimum absolute atomic E-state index is 0.162. The van der Waals surface area contributed by atoms with E-state index in [9.17, 15) is 18.0 Å². The number of carbonyl (C=O) groups is 1. The third kappa shape index (κ3) is 2.51. The summed E-state index contributed by atoms with van der Waals surface area (Å²) in [5.74, 6) is -1.16. The summed E-state index contributed by atoms with van der Waals surface area (Å²) in [4.78, 5) is 10.9.